The molecule has 0 radical (unpaired) electrons. The van der Waals surface area contributed by atoms with E-state index in [2.05, 4.69) is 22.8 Å². The molecule has 22 heavy (non-hydrogen) atoms. The molecule has 116 valence electrons. The van der Waals surface area contributed by atoms with Crippen LogP contribution < -0.4 is 10.1 Å². The third-order valence-corrected chi connectivity index (χ3v) is 4.51. The third-order valence-electron chi connectivity index (χ3n) is 3.24. The molecule has 1 aromatic heterocycles. The van der Waals surface area contributed by atoms with Gasteiger partial charge in [0.2, 0.25) is 0 Å². The lowest BCUT2D eigenvalue weighted by Gasteiger charge is -2.10. The van der Waals surface area contributed by atoms with Crippen LogP contribution in [0.2, 0.25) is 5.02 Å². The van der Waals surface area contributed by atoms with Gasteiger partial charge in [-0.05, 0) is 22.9 Å². The lowest BCUT2D eigenvalue weighted by Crippen LogP contribution is -2.20. The minimum Gasteiger partial charge on any atom is -0.491 e. The molecule has 0 aliphatic heterocycles. The normalized spacial score (nSPS) is 10.4. The lowest BCUT2D eigenvalue weighted by molar-refractivity contribution is 0.314. The van der Waals surface area contributed by atoms with E-state index in [4.69, 9.17) is 16.3 Å². The number of rotatable bonds is 6. The second-order valence-corrected chi connectivity index (χ2v) is 6.11. The van der Waals surface area contributed by atoms with Gasteiger partial charge in [-0.25, -0.2) is 0 Å². The predicted octanol–water partition coefficient (Wildman–Crippen LogP) is 5.15. The SMILES string of the molecule is Cl.Clc1c(OCCNCc2cccs2)ccc2ccccc12. The Hall–Kier alpha value is -1.26. The van der Waals surface area contributed by atoms with Gasteiger partial charge in [-0.3, -0.25) is 0 Å². The molecule has 0 unspecified atom stereocenters. The summed E-state index contributed by atoms with van der Waals surface area (Å²) < 4.78 is 5.77. The van der Waals surface area contributed by atoms with Crippen molar-refractivity contribution in [2.24, 2.45) is 0 Å². The van der Waals surface area contributed by atoms with Gasteiger partial charge in [0.15, 0.2) is 0 Å². The van der Waals surface area contributed by atoms with E-state index in [1.54, 1.807) is 11.3 Å². The van der Waals surface area contributed by atoms with Crippen molar-refractivity contribution in [3.63, 3.8) is 0 Å². The third kappa shape index (κ3) is 4.14. The van der Waals surface area contributed by atoms with Crippen LogP contribution in [0.3, 0.4) is 0 Å². The lowest BCUT2D eigenvalue weighted by atomic mass is 10.1. The zero-order valence-corrected chi connectivity index (χ0v) is 14.3. The summed E-state index contributed by atoms with van der Waals surface area (Å²) in [5.74, 6) is 0.744. The number of ether oxygens (including phenoxy) is 1. The van der Waals surface area contributed by atoms with Crippen LogP contribution in [0.25, 0.3) is 10.8 Å². The second-order valence-electron chi connectivity index (χ2n) is 4.70. The van der Waals surface area contributed by atoms with Crippen LogP contribution in [0.15, 0.2) is 53.9 Å². The molecule has 2 aromatic carbocycles. The Kier molecular flexibility index (Phi) is 6.52. The summed E-state index contributed by atoms with van der Waals surface area (Å²) in [4.78, 5) is 1.33. The fourth-order valence-corrected chi connectivity index (χ4v) is 3.15. The molecule has 3 rings (SSSR count). The summed E-state index contributed by atoms with van der Waals surface area (Å²) in [6, 6.07) is 16.2. The quantitative estimate of drug-likeness (QED) is 0.619. The molecular formula is C17H17Cl2NOS. The highest BCUT2D eigenvalue weighted by atomic mass is 35.5. The van der Waals surface area contributed by atoms with Gasteiger partial charge in [-0.2, -0.15) is 0 Å². The first-order valence-electron chi connectivity index (χ1n) is 6.88. The van der Waals surface area contributed by atoms with Gasteiger partial charge in [0.25, 0.3) is 0 Å². The smallest absolute Gasteiger partial charge is 0.138 e. The van der Waals surface area contributed by atoms with Gasteiger partial charge in [0.1, 0.15) is 12.4 Å². The summed E-state index contributed by atoms with van der Waals surface area (Å²) in [6.45, 7) is 2.27. The topological polar surface area (TPSA) is 21.3 Å². The van der Waals surface area contributed by atoms with Gasteiger partial charge < -0.3 is 10.1 Å². The molecule has 0 amide bonds. The minimum absolute atomic E-state index is 0. The Bertz CT molecular complexity index is 716. The first-order chi connectivity index (χ1) is 10.3. The molecule has 5 heteroatoms. The fraction of sp³-hybridized carbons (Fsp3) is 0.176. The van der Waals surface area contributed by atoms with Crippen LogP contribution >= 0.6 is 35.3 Å². The molecule has 2 nitrogen and oxygen atoms in total. The molecule has 1 heterocycles. The van der Waals surface area contributed by atoms with E-state index >= 15 is 0 Å². The zero-order chi connectivity index (χ0) is 14.5. The van der Waals surface area contributed by atoms with E-state index in [1.807, 2.05) is 36.4 Å². The standard InChI is InChI=1S/C17H16ClNOS.ClH/c18-17-15-6-2-1-4-13(15)7-8-16(17)20-10-9-19-12-14-5-3-11-21-14;/h1-8,11,19H,9-10,12H2;1H. The van der Waals surface area contributed by atoms with Crippen molar-refractivity contribution >= 4 is 46.1 Å². The van der Waals surface area contributed by atoms with Crippen molar-refractivity contribution in [2.45, 2.75) is 6.54 Å². The Morgan fingerprint density at radius 1 is 1.05 bits per heavy atom. The van der Waals surface area contributed by atoms with E-state index in [9.17, 15) is 0 Å². The first kappa shape index (κ1) is 17.1. The molecule has 0 saturated carbocycles. The van der Waals surface area contributed by atoms with Crippen LogP contribution in [-0.4, -0.2) is 13.2 Å². The molecule has 0 spiro atoms. The Labute approximate surface area is 145 Å². The largest absolute Gasteiger partial charge is 0.491 e. The van der Waals surface area contributed by atoms with E-state index < -0.39 is 0 Å². The zero-order valence-electron chi connectivity index (χ0n) is 11.9. The molecule has 0 bridgehead atoms. The maximum Gasteiger partial charge on any atom is 0.138 e. The van der Waals surface area contributed by atoms with Gasteiger partial charge in [-0.1, -0.05) is 48.0 Å². The van der Waals surface area contributed by atoms with Crippen molar-refractivity contribution in [1.29, 1.82) is 0 Å². The van der Waals surface area contributed by atoms with Gasteiger partial charge in [0, 0.05) is 23.4 Å². The van der Waals surface area contributed by atoms with Crippen LogP contribution in [0, 0.1) is 0 Å². The van der Waals surface area contributed by atoms with E-state index in [1.165, 1.54) is 4.88 Å². The molecular weight excluding hydrogens is 337 g/mol. The van der Waals surface area contributed by atoms with E-state index in [-0.39, 0.29) is 12.4 Å². The number of halogens is 2. The molecule has 0 saturated heterocycles. The fourth-order valence-electron chi connectivity index (χ4n) is 2.18. The summed E-state index contributed by atoms with van der Waals surface area (Å²) in [5.41, 5.74) is 0. The molecule has 0 atom stereocenters. The molecule has 0 fully saturated rings. The Balaban J connectivity index is 0.00000176. The second kappa shape index (κ2) is 8.39. The van der Waals surface area contributed by atoms with E-state index in [0.29, 0.717) is 11.6 Å². The van der Waals surface area contributed by atoms with Gasteiger partial charge in [-0.15, -0.1) is 23.7 Å². The monoisotopic (exact) mass is 353 g/mol. The molecule has 1 N–H and O–H groups in total. The summed E-state index contributed by atoms with van der Waals surface area (Å²) in [7, 11) is 0. The predicted molar refractivity (Wildman–Crippen MR) is 97.7 cm³/mol. The Morgan fingerprint density at radius 2 is 1.91 bits per heavy atom. The van der Waals surface area contributed by atoms with Crippen LogP contribution in [-0.2, 0) is 6.54 Å². The highest BCUT2D eigenvalue weighted by Gasteiger charge is 2.05. The van der Waals surface area contributed by atoms with Crippen molar-refractivity contribution in [3.8, 4) is 5.75 Å². The molecule has 0 aliphatic carbocycles. The van der Waals surface area contributed by atoms with E-state index in [0.717, 1.165) is 29.6 Å². The number of benzene rings is 2. The van der Waals surface area contributed by atoms with Crippen molar-refractivity contribution in [3.05, 3.63) is 63.8 Å². The summed E-state index contributed by atoms with van der Waals surface area (Å²) >= 11 is 8.15. The maximum absolute atomic E-state index is 6.39. The highest BCUT2D eigenvalue weighted by molar-refractivity contribution is 7.09. The number of hydrogen-bond acceptors (Lipinski definition) is 3. The van der Waals surface area contributed by atoms with Crippen molar-refractivity contribution in [2.75, 3.05) is 13.2 Å². The number of nitrogens with one attached hydrogen (secondary N) is 1. The van der Waals surface area contributed by atoms with Crippen molar-refractivity contribution < 1.29 is 4.74 Å². The van der Waals surface area contributed by atoms with Gasteiger partial charge >= 0.3 is 0 Å². The van der Waals surface area contributed by atoms with Crippen molar-refractivity contribution in [1.82, 2.24) is 5.32 Å². The summed E-state index contributed by atoms with van der Waals surface area (Å²) in [5, 5.41) is 8.29. The van der Waals surface area contributed by atoms with Crippen LogP contribution in [0.4, 0.5) is 0 Å². The summed E-state index contributed by atoms with van der Waals surface area (Å²) in [6.07, 6.45) is 0. The number of fused-ring (bicyclic) bond motifs is 1. The first-order valence-corrected chi connectivity index (χ1v) is 8.13. The number of thiophene rings is 1. The van der Waals surface area contributed by atoms with Crippen LogP contribution in [0.1, 0.15) is 4.88 Å². The highest BCUT2D eigenvalue weighted by Crippen LogP contribution is 2.32. The van der Waals surface area contributed by atoms with Crippen LogP contribution in [0.5, 0.6) is 5.75 Å². The Morgan fingerprint density at radius 3 is 2.73 bits per heavy atom. The number of hydrogen-bond donors (Lipinski definition) is 1. The molecule has 0 aliphatic rings. The van der Waals surface area contributed by atoms with Gasteiger partial charge in [0.05, 0.1) is 5.02 Å². The molecule has 3 aromatic rings. The maximum atomic E-state index is 6.39. The average molecular weight is 354 g/mol. The minimum atomic E-state index is 0. The average Bonchev–Trinajstić information content (AvgIpc) is 3.03.